The van der Waals surface area contributed by atoms with E-state index in [0.717, 1.165) is 27.6 Å². The molecule has 1 heterocycles. The minimum absolute atomic E-state index is 0.104. The highest BCUT2D eigenvalue weighted by Gasteiger charge is 2.20. The summed E-state index contributed by atoms with van der Waals surface area (Å²) in [6, 6.07) is 13.1. The van der Waals surface area contributed by atoms with Crippen molar-refractivity contribution in [3.63, 3.8) is 0 Å². The number of rotatable bonds is 5. The summed E-state index contributed by atoms with van der Waals surface area (Å²) in [5, 5.41) is 19.6. The molecule has 0 spiro atoms. The third-order valence-electron chi connectivity index (χ3n) is 4.42. The Morgan fingerprint density at radius 1 is 1.25 bits per heavy atom. The van der Waals surface area contributed by atoms with Gasteiger partial charge in [0.25, 0.3) is 0 Å². The Morgan fingerprint density at radius 2 is 1.89 bits per heavy atom. The molecule has 0 aliphatic carbocycles. The van der Waals surface area contributed by atoms with Gasteiger partial charge >= 0.3 is 0 Å². The van der Waals surface area contributed by atoms with Crippen LogP contribution in [0.1, 0.15) is 43.6 Å². The van der Waals surface area contributed by atoms with Crippen LogP contribution in [0.15, 0.2) is 36.4 Å². The van der Waals surface area contributed by atoms with E-state index < -0.39 is 0 Å². The Morgan fingerprint density at radius 3 is 2.39 bits per heavy atom. The maximum absolute atomic E-state index is 12.0. The zero-order valence-electron chi connectivity index (χ0n) is 16.9. The second kappa shape index (κ2) is 9.18. The lowest BCUT2D eigenvalue weighted by atomic mass is 10.0. The average Bonchev–Trinajstić information content (AvgIpc) is 3.00. The SMILES string of the molecule is CC.CCOc1cc2c(cc1C(C)=O)c(C#N)c(-c1ccc([NH2+]O)cc1)n2C. The predicted octanol–water partition coefficient (Wildman–Crippen LogP) is 3.93. The Balaban J connectivity index is 0.00000136. The maximum atomic E-state index is 12.0. The fourth-order valence-electron chi connectivity index (χ4n) is 3.19. The van der Waals surface area contributed by atoms with Gasteiger partial charge in [-0.25, -0.2) is 5.21 Å². The van der Waals surface area contributed by atoms with Crippen LogP contribution in [0.3, 0.4) is 0 Å². The first-order valence-corrected chi connectivity index (χ1v) is 9.30. The Hall–Kier alpha value is -3.14. The molecule has 0 amide bonds. The molecule has 0 saturated carbocycles. The molecular weight excluding hydrogens is 354 g/mol. The summed E-state index contributed by atoms with van der Waals surface area (Å²) in [5.41, 5.74) is 5.13. The van der Waals surface area contributed by atoms with Gasteiger partial charge in [0.1, 0.15) is 11.8 Å². The molecule has 0 aliphatic rings. The molecule has 0 atom stereocenters. The number of ether oxygens (including phenoxy) is 1. The molecule has 0 bridgehead atoms. The molecule has 3 aromatic rings. The molecule has 2 aromatic carbocycles. The van der Waals surface area contributed by atoms with Gasteiger partial charge in [-0.2, -0.15) is 10.7 Å². The maximum Gasteiger partial charge on any atom is 0.163 e. The minimum Gasteiger partial charge on any atom is -0.493 e. The first-order valence-electron chi connectivity index (χ1n) is 9.30. The lowest BCUT2D eigenvalue weighted by Crippen LogP contribution is -2.73. The number of nitrogens with two attached hydrogens (primary N) is 1. The number of aromatic nitrogens is 1. The fourth-order valence-corrected chi connectivity index (χ4v) is 3.19. The zero-order chi connectivity index (χ0) is 20.8. The first kappa shape index (κ1) is 21.2. The van der Waals surface area contributed by atoms with Crippen molar-refractivity contribution in [1.82, 2.24) is 4.57 Å². The molecule has 0 unspecified atom stereocenters. The second-order valence-electron chi connectivity index (χ2n) is 6.00. The molecule has 3 N–H and O–H groups in total. The van der Waals surface area contributed by atoms with Crippen molar-refractivity contribution in [1.29, 1.82) is 5.26 Å². The number of hydrogen-bond donors (Lipinski definition) is 2. The number of aryl methyl sites for hydroxylation is 1. The van der Waals surface area contributed by atoms with Gasteiger partial charge in [-0.3, -0.25) is 4.79 Å². The highest BCUT2D eigenvalue weighted by molar-refractivity contribution is 6.04. The van der Waals surface area contributed by atoms with Crippen LogP contribution in [-0.4, -0.2) is 22.2 Å². The number of nitriles is 1. The molecule has 6 nitrogen and oxygen atoms in total. The largest absolute Gasteiger partial charge is 0.493 e. The van der Waals surface area contributed by atoms with Crippen LogP contribution in [0.5, 0.6) is 5.75 Å². The number of fused-ring (bicyclic) bond motifs is 1. The van der Waals surface area contributed by atoms with E-state index in [-0.39, 0.29) is 5.78 Å². The van der Waals surface area contributed by atoms with E-state index in [4.69, 9.17) is 9.94 Å². The topological polar surface area (TPSA) is 91.9 Å². The van der Waals surface area contributed by atoms with Crippen molar-refractivity contribution < 1.29 is 20.2 Å². The molecule has 28 heavy (non-hydrogen) atoms. The fraction of sp³-hybridized carbons (Fsp3) is 0.273. The number of carbonyl (C=O) groups excluding carboxylic acids is 1. The quantitative estimate of drug-likeness (QED) is 0.398. The van der Waals surface area contributed by atoms with Gasteiger partial charge < -0.3 is 9.30 Å². The highest BCUT2D eigenvalue weighted by Crippen LogP contribution is 2.36. The third kappa shape index (κ3) is 3.77. The van der Waals surface area contributed by atoms with E-state index in [1.165, 1.54) is 6.92 Å². The van der Waals surface area contributed by atoms with Gasteiger partial charge in [0.2, 0.25) is 0 Å². The van der Waals surface area contributed by atoms with Crippen LogP contribution in [-0.2, 0) is 7.05 Å². The smallest absolute Gasteiger partial charge is 0.163 e. The number of carbonyl (C=O) groups is 1. The summed E-state index contributed by atoms with van der Waals surface area (Å²) in [6.07, 6.45) is 0. The van der Waals surface area contributed by atoms with Crippen LogP contribution in [0.2, 0.25) is 0 Å². The molecule has 0 fully saturated rings. The molecule has 1 aromatic heterocycles. The first-order chi connectivity index (χ1) is 13.5. The van der Waals surface area contributed by atoms with Crippen LogP contribution in [0.25, 0.3) is 22.2 Å². The van der Waals surface area contributed by atoms with E-state index >= 15 is 0 Å². The normalized spacial score (nSPS) is 10.2. The molecule has 0 radical (unpaired) electrons. The summed E-state index contributed by atoms with van der Waals surface area (Å²) < 4.78 is 7.56. The number of nitrogens with zero attached hydrogens (tertiary/aromatic N) is 2. The average molecular weight is 380 g/mol. The van der Waals surface area contributed by atoms with Crippen molar-refractivity contribution >= 4 is 22.4 Å². The van der Waals surface area contributed by atoms with E-state index in [1.54, 1.807) is 18.2 Å². The van der Waals surface area contributed by atoms with Crippen molar-refractivity contribution in [3.05, 3.63) is 47.5 Å². The van der Waals surface area contributed by atoms with E-state index in [0.29, 0.717) is 29.2 Å². The minimum atomic E-state index is -0.104. The molecule has 0 aliphatic heterocycles. The monoisotopic (exact) mass is 380 g/mol. The Labute approximate surface area is 164 Å². The van der Waals surface area contributed by atoms with Crippen LogP contribution in [0.4, 0.5) is 5.69 Å². The number of hydrogen-bond acceptors (Lipinski definition) is 4. The van der Waals surface area contributed by atoms with Crippen molar-refractivity contribution in [3.8, 4) is 23.1 Å². The molecule has 0 saturated heterocycles. The molecule has 146 valence electrons. The highest BCUT2D eigenvalue weighted by atomic mass is 16.5. The van der Waals surface area contributed by atoms with Crippen molar-refractivity contribution in [2.24, 2.45) is 7.05 Å². The number of ketones is 1. The summed E-state index contributed by atoms with van der Waals surface area (Å²) in [4.78, 5) is 12.0. The van der Waals surface area contributed by atoms with Crippen LogP contribution in [0, 0.1) is 11.3 Å². The summed E-state index contributed by atoms with van der Waals surface area (Å²) in [7, 11) is 1.88. The van der Waals surface area contributed by atoms with E-state index in [9.17, 15) is 10.1 Å². The summed E-state index contributed by atoms with van der Waals surface area (Å²) in [5.74, 6) is 0.418. The van der Waals surface area contributed by atoms with Gasteiger partial charge in [-0.1, -0.05) is 13.8 Å². The van der Waals surface area contributed by atoms with Gasteiger partial charge in [-0.05, 0) is 37.6 Å². The summed E-state index contributed by atoms with van der Waals surface area (Å²) >= 11 is 0. The third-order valence-corrected chi connectivity index (χ3v) is 4.42. The van der Waals surface area contributed by atoms with Gasteiger partial charge in [-0.15, -0.1) is 0 Å². The van der Waals surface area contributed by atoms with E-state index in [1.807, 2.05) is 50.6 Å². The number of benzene rings is 2. The van der Waals surface area contributed by atoms with Crippen LogP contribution < -0.4 is 10.2 Å². The number of quaternary nitrogens is 1. The lowest BCUT2D eigenvalue weighted by Gasteiger charge is -2.09. The van der Waals surface area contributed by atoms with Crippen molar-refractivity contribution in [2.75, 3.05) is 6.61 Å². The number of Topliss-reactive ketones (excluding diaryl/α,β-unsaturated/α-hetero) is 1. The summed E-state index contributed by atoms with van der Waals surface area (Å²) in [6.45, 7) is 7.81. The second-order valence-corrected chi connectivity index (χ2v) is 6.00. The van der Waals surface area contributed by atoms with Gasteiger partial charge in [0.05, 0.1) is 28.9 Å². The van der Waals surface area contributed by atoms with Gasteiger partial charge in [0.15, 0.2) is 11.5 Å². The standard InChI is InChI=1S/C20H19N3O3.C2H6/c1-4-26-19-10-18-16(9-15(19)12(2)24)17(11-21)20(23(18)3)13-5-7-14(22-25)8-6-13;1-2/h5-10,22,25H,4H2,1-3H3;1-2H3/p+1. The Kier molecular flexibility index (Phi) is 6.94. The lowest BCUT2D eigenvalue weighted by molar-refractivity contribution is -0.825. The van der Waals surface area contributed by atoms with E-state index in [2.05, 4.69) is 6.07 Å². The molecular formula is C22H26N3O3+. The van der Waals surface area contributed by atoms with Crippen molar-refractivity contribution in [2.45, 2.75) is 27.7 Å². The van der Waals surface area contributed by atoms with Crippen LogP contribution >= 0.6 is 0 Å². The predicted molar refractivity (Wildman–Crippen MR) is 109 cm³/mol. The molecule has 6 heteroatoms. The Bertz CT molecular complexity index is 1030. The molecule has 3 rings (SSSR count). The van der Waals surface area contributed by atoms with Gasteiger partial charge in [0, 0.05) is 30.6 Å². The zero-order valence-corrected chi connectivity index (χ0v) is 16.9.